The lowest BCUT2D eigenvalue weighted by Gasteiger charge is -2.26. The summed E-state index contributed by atoms with van der Waals surface area (Å²) >= 11 is 0.732. The molecule has 6 heteroatoms. The van der Waals surface area contributed by atoms with Crippen molar-refractivity contribution in [1.29, 1.82) is 0 Å². The van der Waals surface area contributed by atoms with Gasteiger partial charge in [0.05, 0.1) is 4.75 Å². The summed E-state index contributed by atoms with van der Waals surface area (Å²) in [6.45, 7) is 4.63. The van der Waals surface area contributed by atoms with Crippen LogP contribution in [0.3, 0.4) is 0 Å². The van der Waals surface area contributed by atoms with Crippen LogP contribution in [0.15, 0.2) is 4.58 Å². The first-order valence-corrected chi connectivity index (χ1v) is 4.44. The first kappa shape index (κ1) is 12.1. The second-order valence-electron chi connectivity index (χ2n) is 3.08. The van der Waals surface area contributed by atoms with Crippen molar-refractivity contribution in [1.82, 2.24) is 5.32 Å². The van der Waals surface area contributed by atoms with Gasteiger partial charge < -0.3 is 10.1 Å². The van der Waals surface area contributed by atoms with Crippen LogP contribution in [-0.2, 0) is 9.59 Å². The van der Waals surface area contributed by atoms with Crippen molar-refractivity contribution in [3.8, 4) is 0 Å². The zero-order valence-electron chi connectivity index (χ0n) is 7.73. The summed E-state index contributed by atoms with van der Waals surface area (Å²) in [4.78, 5) is 31.3. The van der Waals surface area contributed by atoms with Gasteiger partial charge in [-0.3, -0.25) is 4.79 Å². The number of amides is 1. The van der Waals surface area contributed by atoms with Gasteiger partial charge in [-0.2, -0.15) is 0 Å². The first-order valence-electron chi connectivity index (χ1n) is 3.67. The molecule has 0 aromatic rings. The number of carbonyl (C=O) groups excluding carboxylic acids is 2. The van der Waals surface area contributed by atoms with Crippen LogP contribution in [0.4, 0.5) is 0 Å². The van der Waals surface area contributed by atoms with Gasteiger partial charge in [0.2, 0.25) is 5.91 Å². The van der Waals surface area contributed by atoms with Gasteiger partial charge in [0.25, 0.3) is 0 Å². The molecule has 74 valence electrons. The largest absolute Gasteiger partial charge is 0.345 e. The average Bonchev–Trinajstić information content (AvgIpc) is 1.99. The van der Waals surface area contributed by atoms with Gasteiger partial charge in [0.15, 0.2) is 0 Å². The van der Waals surface area contributed by atoms with Gasteiger partial charge >= 0.3 is 0 Å². The smallest absolute Gasteiger partial charge is 0.217 e. The van der Waals surface area contributed by atoms with E-state index in [4.69, 9.17) is 0 Å². The van der Waals surface area contributed by atoms with Crippen molar-refractivity contribution in [2.45, 2.75) is 31.6 Å². The molecule has 0 aliphatic carbocycles. The Labute approximate surface area is 80.8 Å². The molecule has 0 aromatic carbocycles. The summed E-state index contributed by atoms with van der Waals surface area (Å²) in [6.07, 6.45) is 0.597. The first-order chi connectivity index (χ1) is 5.94. The number of aldehydes is 1. The van der Waals surface area contributed by atoms with E-state index in [1.807, 2.05) is 0 Å². The Morgan fingerprint density at radius 3 is 2.46 bits per heavy atom. The molecule has 1 N–H and O–H groups in total. The van der Waals surface area contributed by atoms with Gasteiger partial charge in [-0.15, -0.1) is 4.91 Å². The summed E-state index contributed by atoms with van der Waals surface area (Å²) in [5.74, 6) is -0.309. The third-order valence-electron chi connectivity index (χ3n) is 1.52. The maximum Gasteiger partial charge on any atom is 0.217 e. The molecular weight excluding hydrogens is 192 g/mol. The molecule has 0 saturated carbocycles. The van der Waals surface area contributed by atoms with Gasteiger partial charge in [-0.1, -0.05) is 0 Å². The molecule has 0 heterocycles. The van der Waals surface area contributed by atoms with E-state index < -0.39 is 10.8 Å². The molecular formula is C7H12N2O3S. The minimum Gasteiger partial charge on any atom is -0.345 e. The third-order valence-corrected chi connectivity index (χ3v) is 2.32. The Morgan fingerprint density at radius 1 is 1.62 bits per heavy atom. The zero-order valence-corrected chi connectivity index (χ0v) is 8.55. The van der Waals surface area contributed by atoms with Crippen LogP contribution in [0.25, 0.3) is 0 Å². The highest BCUT2D eigenvalue weighted by atomic mass is 32.2. The van der Waals surface area contributed by atoms with Crippen molar-refractivity contribution in [3.63, 3.8) is 0 Å². The highest BCUT2D eigenvalue weighted by molar-refractivity contribution is 7.99. The summed E-state index contributed by atoms with van der Waals surface area (Å²) < 4.78 is 1.93. The highest BCUT2D eigenvalue weighted by Crippen LogP contribution is 2.27. The van der Waals surface area contributed by atoms with Crippen molar-refractivity contribution in [2.24, 2.45) is 4.58 Å². The molecule has 0 aromatic heterocycles. The monoisotopic (exact) mass is 204 g/mol. The lowest BCUT2D eigenvalue weighted by Crippen LogP contribution is -2.47. The Hall–Kier alpha value is -0.910. The second-order valence-corrected chi connectivity index (χ2v) is 4.47. The molecule has 0 radical (unpaired) electrons. The fourth-order valence-corrected chi connectivity index (χ4v) is 1.16. The summed E-state index contributed by atoms with van der Waals surface area (Å²) in [5.41, 5.74) is 0. The van der Waals surface area contributed by atoms with Crippen LogP contribution < -0.4 is 5.32 Å². The maximum atomic E-state index is 10.7. The van der Waals surface area contributed by atoms with Gasteiger partial charge in [-0.25, -0.2) is 0 Å². The molecule has 1 amide bonds. The number of hydrogen-bond acceptors (Lipinski definition) is 5. The standard InChI is InChI=1S/C7H12N2O3S/c1-5(11)8-6(4-10)7(2,3)13-9-12/h4,6H,1-3H3,(H,8,11)/t6-/m1/s1. The molecule has 0 saturated heterocycles. The van der Waals surface area contributed by atoms with Crippen LogP contribution >= 0.6 is 11.9 Å². The Kier molecular flexibility index (Phi) is 4.61. The number of hydrogen-bond donors (Lipinski definition) is 1. The Morgan fingerprint density at radius 2 is 2.15 bits per heavy atom. The summed E-state index contributed by atoms with van der Waals surface area (Å²) in [7, 11) is 0. The fourth-order valence-electron chi connectivity index (χ4n) is 0.744. The lowest BCUT2D eigenvalue weighted by molar-refractivity contribution is -0.122. The number of nitrogens with one attached hydrogen (secondary N) is 1. The second kappa shape index (κ2) is 4.96. The van der Waals surface area contributed by atoms with E-state index in [-0.39, 0.29) is 5.91 Å². The van der Waals surface area contributed by atoms with Crippen LogP contribution in [-0.4, -0.2) is 23.0 Å². The summed E-state index contributed by atoms with van der Waals surface area (Å²) in [6, 6.07) is -0.701. The molecule has 0 rings (SSSR count). The van der Waals surface area contributed by atoms with E-state index in [0.29, 0.717) is 6.29 Å². The number of rotatable bonds is 5. The van der Waals surface area contributed by atoms with Crippen molar-refractivity contribution < 1.29 is 9.59 Å². The molecule has 1 atom stereocenters. The highest BCUT2D eigenvalue weighted by Gasteiger charge is 2.31. The molecule has 5 nitrogen and oxygen atoms in total. The van der Waals surface area contributed by atoms with Crippen LogP contribution in [0.5, 0.6) is 0 Å². The van der Waals surface area contributed by atoms with Crippen LogP contribution in [0.1, 0.15) is 20.8 Å². The van der Waals surface area contributed by atoms with E-state index >= 15 is 0 Å². The Bertz CT molecular complexity index is 218. The molecule has 13 heavy (non-hydrogen) atoms. The van der Waals surface area contributed by atoms with Crippen molar-refractivity contribution in [2.75, 3.05) is 0 Å². The van der Waals surface area contributed by atoms with E-state index in [9.17, 15) is 14.5 Å². The molecule has 0 fully saturated rings. The number of nitroso groups, excluding NO2 is 1. The van der Waals surface area contributed by atoms with E-state index in [2.05, 4.69) is 9.90 Å². The van der Waals surface area contributed by atoms with Crippen LogP contribution in [0.2, 0.25) is 0 Å². The molecule has 0 aliphatic rings. The predicted octanol–water partition coefficient (Wildman–Crippen LogP) is 0.883. The molecule has 0 unspecified atom stereocenters. The minimum atomic E-state index is -0.713. The SMILES string of the molecule is CC(=O)N[C@H](C=O)C(C)(C)SN=O. The maximum absolute atomic E-state index is 10.7. The van der Waals surface area contributed by atoms with Gasteiger partial charge in [0, 0.05) is 23.5 Å². The van der Waals surface area contributed by atoms with E-state index in [1.165, 1.54) is 6.92 Å². The predicted molar refractivity (Wildman–Crippen MR) is 51.1 cm³/mol. The fraction of sp³-hybridized carbons (Fsp3) is 0.714. The quantitative estimate of drug-likeness (QED) is 0.410. The number of carbonyl (C=O) groups is 2. The van der Waals surface area contributed by atoms with Gasteiger partial charge in [0.1, 0.15) is 12.3 Å². The number of nitrogens with zero attached hydrogens (tertiary/aromatic N) is 1. The normalized spacial score (nSPS) is 13.2. The van der Waals surface area contributed by atoms with Crippen molar-refractivity contribution >= 4 is 24.1 Å². The topological polar surface area (TPSA) is 75.6 Å². The Balaban J connectivity index is 4.44. The molecule has 0 bridgehead atoms. The van der Waals surface area contributed by atoms with E-state index in [0.717, 1.165) is 11.9 Å². The van der Waals surface area contributed by atoms with Crippen molar-refractivity contribution in [3.05, 3.63) is 4.91 Å². The minimum absolute atomic E-state index is 0.309. The average molecular weight is 204 g/mol. The summed E-state index contributed by atoms with van der Waals surface area (Å²) in [5, 5.41) is 2.43. The lowest BCUT2D eigenvalue weighted by atomic mass is 10.1. The molecule has 0 spiro atoms. The third kappa shape index (κ3) is 4.02. The zero-order chi connectivity index (χ0) is 10.5. The van der Waals surface area contributed by atoms with Gasteiger partial charge in [-0.05, 0) is 13.8 Å². The van der Waals surface area contributed by atoms with Crippen LogP contribution in [0, 0.1) is 4.91 Å². The molecule has 0 aliphatic heterocycles. The van der Waals surface area contributed by atoms with E-state index in [1.54, 1.807) is 13.8 Å².